The first kappa shape index (κ1) is 17.2. The van der Waals surface area contributed by atoms with Crippen molar-refractivity contribution >= 4 is 39.2 Å². The van der Waals surface area contributed by atoms with Crippen LogP contribution in [0, 0.1) is 13.8 Å². The van der Waals surface area contributed by atoms with Crippen molar-refractivity contribution in [3.05, 3.63) is 27.2 Å². The van der Waals surface area contributed by atoms with E-state index in [-0.39, 0.29) is 21.4 Å². The molecular weight excluding hydrogens is 325 g/mol. The highest BCUT2D eigenvalue weighted by Crippen LogP contribution is 2.33. The zero-order valence-electron chi connectivity index (χ0n) is 11.2. The van der Waals surface area contributed by atoms with E-state index in [1.807, 2.05) is 0 Å². The summed E-state index contributed by atoms with van der Waals surface area (Å²) in [6.45, 7) is 4.66. The third kappa shape index (κ3) is 3.85. The van der Waals surface area contributed by atoms with Gasteiger partial charge in [-0.05, 0) is 38.0 Å². The molecule has 0 heterocycles. The van der Waals surface area contributed by atoms with E-state index in [2.05, 4.69) is 4.72 Å². The average molecular weight is 340 g/mol. The molecule has 0 bridgehead atoms. The molecule has 2 N–H and O–H groups in total. The van der Waals surface area contributed by atoms with Gasteiger partial charge in [0.2, 0.25) is 10.0 Å². The summed E-state index contributed by atoms with van der Waals surface area (Å²) < 4.78 is 26.9. The summed E-state index contributed by atoms with van der Waals surface area (Å²) in [7, 11) is -3.94. The summed E-state index contributed by atoms with van der Waals surface area (Å²) in [4.78, 5) is 10.5. The van der Waals surface area contributed by atoms with E-state index < -0.39 is 22.0 Å². The van der Waals surface area contributed by atoms with Crippen molar-refractivity contribution in [3.8, 4) is 0 Å². The number of carboxylic acid groups (broad SMARTS) is 1. The molecular formula is C12H15Cl2NO4S. The number of aryl methyl sites for hydroxylation is 1. The Kier molecular flexibility index (Phi) is 5.43. The standard InChI is InChI=1S/C12H15Cl2NO4S/c1-6-4-9(13)8(3)12(11(6)14)20(18,19)15-7(2)5-10(16)17/h4,7,15H,5H2,1-3H3,(H,16,17). The zero-order chi connectivity index (χ0) is 15.7. The van der Waals surface area contributed by atoms with Crippen LogP contribution in [0.25, 0.3) is 0 Å². The molecule has 5 nitrogen and oxygen atoms in total. The molecule has 1 unspecified atom stereocenters. The molecule has 112 valence electrons. The van der Waals surface area contributed by atoms with Gasteiger partial charge in [-0.1, -0.05) is 23.2 Å². The molecule has 0 spiro atoms. The molecule has 0 radical (unpaired) electrons. The van der Waals surface area contributed by atoms with Crippen LogP contribution in [0.3, 0.4) is 0 Å². The molecule has 20 heavy (non-hydrogen) atoms. The topological polar surface area (TPSA) is 83.5 Å². The van der Waals surface area contributed by atoms with Crippen LogP contribution in [0.15, 0.2) is 11.0 Å². The molecule has 0 aliphatic carbocycles. The highest BCUT2D eigenvalue weighted by Gasteiger charge is 2.26. The maximum Gasteiger partial charge on any atom is 0.304 e. The number of carbonyl (C=O) groups is 1. The van der Waals surface area contributed by atoms with Crippen LogP contribution in [-0.4, -0.2) is 25.5 Å². The fraction of sp³-hybridized carbons (Fsp3) is 0.417. The van der Waals surface area contributed by atoms with Gasteiger partial charge in [0.1, 0.15) is 4.90 Å². The third-order valence-electron chi connectivity index (χ3n) is 2.69. The van der Waals surface area contributed by atoms with Crippen molar-refractivity contribution in [2.24, 2.45) is 0 Å². The Morgan fingerprint density at radius 1 is 1.40 bits per heavy atom. The molecule has 1 aromatic rings. The van der Waals surface area contributed by atoms with E-state index in [9.17, 15) is 13.2 Å². The van der Waals surface area contributed by atoms with Crippen molar-refractivity contribution in [1.82, 2.24) is 4.72 Å². The average Bonchev–Trinajstić information content (AvgIpc) is 2.24. The van der Waals surface area contributed by atoms with Gasteiger partial charge in [0.15, 0.2) is 0 Å². The summed E-state index contributed by atoms with van der Waals surface area (Å²) in [5, 5.41) is 9.04. The Bertz CT molecular complexity index is 617. The highest BCUT2D eigenvalue weighted by atomic mass is 35.5. The lowest BCUT2D eigenvalue weighted by molar-refractivity contribution is -0.137. The number of aliphatic carboxylic acids is 1. The Labute approximate surface area is 127 Å². The molecule has 8 heteroatoms. The van der Waals surface area contributed by atoms with Crippen LogP contribution in [-0.2, 0) is 14.8 Å². The number of benzene rings is 1. The molecule has 1 atom stereocenters. The summed E-state index contributed by atoms with van der Waals surface area (Å²) >= 11 is 12.0. The second kappa shape index (κ2) is 6.30. The van der Waals surface area contributed by atoms with E-state index >= 15 is 0 Å². The van der Waals surface area contributed by atoms with E-state index in [1.54, 1.807) is 19.9 Å². The number of hydrogen-bond donors (Lipinski definition) is 2. The van der Waals surface area contributed by atoms with Gasteiger partial charge in [0.25, 0.3) is 0 Å². The number of carboxylic acids is 1. The second-order valence-corrected chi connectivity index (χ2v) is 7.00. The quantitative estimate of drug-likeness (QED) is 0.863. The van der Waals surface area contributed by atoms with E-state index in [0.717, 1.165) is 0 Å². The van der Waals surface area contributed by atoms with Crippen LogP contribution in [0.4, 0.5) is 0 Å². The van der Waals surface area contributed by atoms with E-state index in [0.29, 0.717) is 11.1 Å². The first-order chi connectivity index (χ1) is 9.06. The normalized spacial score (nSPS) is 13.2. The lowest BCUT2D eigenvalue weighted by Crippen LogP contribution is -2.34. The molecule has 0 fully saturated rings. The van der Waals surface area contributed by atoms with E-state index in [4.69, 9.17) is 28.3 Å². The van der Waals surface area contributed by atoms with Gasteiger partial charge in [-0.3, -0.25) is 4.79 Å². The lowest BCUT2D eigenvalue weighted by Gasteiger charge is -2.16. The first-order valence-electron chi connectivity index (χ1n) is 5.75. The van der Waals surface area contributed by atoms with Crippen molar-refractivity contribution in [1.29, 1.82) is 0 Å². The Morgan fingerprint density at radius 2 is 1.95 bits per heavy atom. The smallest absolute Gasteiger partial charge is 0.304 e. The molecule has 0 amide bonds. The predicted molar refractivity (Wildman–Crippen MR) is 78.0 cm³/mol. The van der Waals surface area contributed by atoms with Gasteiger partial charge in [0.05, 0.1) is 11.4 Å². The highest BCUT2D eigenvalue weighted by molar-refractivity contribution is 7.89. The van der Waals surface area contributed by atoms with Crippen molar-refractivity contribution < 1.29 is 18.3 Å². The second-order valence-electron chi connectivity index (χ2n) is 4.56. The SMILES string of the molecule is Cc1cc(Cl)c(C)c(S(=O)(=O)NC(C)CC(=O)O)c1Cl. The van der Waals surface area contributed by atoms with Crippen molar-refractivity contribution in [2.75, 3.05) is 0 Å². The van der Waals surface area contributed by atoms with Crippen LogP contribution >= 0.6 is 23.2 Å². The Balaban J connectivity index is 3.26. The van der Waals surface area contributed by atoms with Crippen LogP contribution in [0.1, 0.15) is 24.5 Å². The predicted octanol–water partition coefficient (Wildman–Crippen LogP) is 2.75. The minimum absolute atomic E-state index is 0.0851. The van der Waals surface area contributed by atoms with Gasteiger partial charge in [-0.15, -0.1) is 0 Å². The zero-order valence-corrected chi connectivity index (χ0v) is 13.5. The Morgan fingerprint density at radius 3 is 2.45 bits per heavy atom. The number of hydrogen-bond acceptors (Lipinski definition) is 3. The fourth-order valence-electron chi connectivity index (χ4n) is 1.76. The van der Waals surface area contributed by atoms with Crippen LogP contribution in [0.5, 0.6) is 0 Å². The molecule has 1 aromatic carbocycles. The monoisotopic (exact) mass is 339 g/mol. The molecule has 0 aliphatic heterocycles. The minimum Gasteiger partial charge on any atom is -0.481 e. The third-order valence-corrected chi connectivity index (χ3v) is 5.45. The summed E-state index contributed by atoms with van der Waals surface area (Å²) in [5.41, 5.74) is 0.867. The van der Waals surface area contributed by atoms with Crippen molar-refractivity contribution in [3.63, 3.8) is 0 Å². The summed E-state index contributed by atoms with van der Waals surface area (Å²) in [6, 6.07) is 0.825. The number of rotatable bonds is 5. The van der Waals surface area contributed by atoms with Crippen LogP contribution in [0.2, 0.25) is 10.0 Å². The number of sulfonamides is 1. The van der Waals surface area contributed by atoms with Gasteiger partial charge in [-0.2, -0.15) is 0 Å². The first-order valence-corrected chi connectivity index (χ1v) is 7.99. The lowest BCUT2D eigenvalue weighted by atomic mass is 10.2. The molecule has 0 saturated heterocycles. The number of nitrogens with one attached hydrogen (secondary N) is 1. The number of halogens is 2. The van der Waals surface area contributed by atoms with Crippen LogP contribution < -0.4 is 4.72 Å². The van der Waals surface area contributed by atoms with Gasteiger partial charge in [-0.25, -0.2) is 13.1 Å². The molecule has 0 aliphatic rings. The molecule has 1 rings (SSSR count). The van der Waals surface area contributed by atoms with Gasteiger partial charge < -0.3 is 5.11 Å². The maximum absolute atomic E-state index is 12.3. The largest absolute Gasteiger partial charge is 0.481 e. The fourth-order valence-corrected chi connectivity index (χ4v) is 4.22. The summed E-state index contributed by atoms with van der Waals surface area (Å²) in [5.74, 6) is -1.09. The molecule has 0 aromatic heterocycles. The van der Waals surface area contributed by atoms with Gasteiger partial charge >= 0.3 is 5.97 Å². The van der Waals surface area contributed by atoms with E-state index in [1.165, 1.54) is 6.92 Å². The summed E-state index contributed by atoms with van der Waals surface area (Å²) in [6.07, 6.45) is -0.324. The maximum atomic E-state index is 12.3. The van der Waals surface area contributed by atoms with Crippen molar-refractivity contribution in [2.45, 2.75) is 38.1 Å². The molecule has 0 saturated carbocycles. The minimum atomic E-state index is -3.94. The van der Waals surface area contributed by atoms with Gasteiger partial charge in [0, 0.05) is 11.1 Å². The Hall–Kier alpha value is -0.820.